The number of pyridine rings is 1. The van der Waals surface area contributed by atoms with Gasteiger partial charge >= 0.3 is 6.18 Å². The molecular formula is C38H43F3N8O. The third-order valence-electron chi connectivity index (χ3n) is 9.89. The number of amides is 1. The number of aromatic nitrogens is 5. The Bertz CT molecular complexity index is 1820. The van der Waals surface area contributed by atoms with Gasteiger partial charge in [0.25, 0.3) is 0 Å². The van der Waals surface area contributed by atoms with Gasteiger partial charge in [-0.1, -0.05) is 50.3 Å². The molecule has 0 aliphatic carbocycles. The average Bonchev–Trinajstić information content (AvgIpc) is 3.75. The summed E-state index contributed by atoms with van der Waals surface area (Å²) < 4.78 is 39.6. The van der Waals surface area contributed by atoms with E-state index in [0.717, 1.165) is 61.8 Å². The Morgan fingerprint density at radius 2 is 1.80 bits per heavy atom. The van der Waals surface area contributed by atoms with Crippen molar-refractivity contribution in [1.29, 1.82) is 0 Å². The molecule has 4 aromatic rings. The van der Waals surface area contributed by atoms with Crippen molar-refractivity contribution in [2.24, 2.45) is 5.41 Å². The molecule has 2 N–H and O–H groups in total. The lowest BCUT2D eigenvalue weighted by Crippen LogP contribution is -2.43. The number of nitrogens with one attached hydrogen (secondary N) is 2. The van der Waals surface area contributed by atoms with Crippen LogP contribution in [0, 0.1) is 5.41 Å². The van der Waals surface area contributed by atoms with Gasteiger partial charge in [0.15, 0.2) is 5.82 Å². The van der Waals surface area contributed by atoms with E-state index in [1.165, 1.54) is 17.3 Å². The van der Waals surface area contributed by atoms with E-state index in [1.54, 1.807) is 24.5 Å². The van der Waals surface area contributed by atoms with Gasteiger partial charge < -0.3 is 10.2 Å². The summed E-state index contributed by atoms with van der Waals surface area (Å²) in [5.74, 6) is 0.881. The lowest BCUT2D eigenvalue weighted by atomic mass is 9.84. The van der Waals surface area contributed by atoms with Gasteiger partial charge in [0.2, 0.25) is 5.91 Å². The largest absolute Gasteiger partial charge is 0.433 e. The number of carbonyl (C=O) groups is 1. The number of hydrogen-bond acceptors (Lipinski definition) is 7. The van der Waals surface area contributed by atoms with E-state index in [4.69, 9.17) is 0 Å². The smallest absolute Gasteiger partial charge is 0.338 e. The molecule has 3 aromatic heterocycles. The second-order valence-electron chi connectivity index (χ2n) is 13.1. The molecular weight excluding hydrogens is 641 g/mol. The SMILES string of the molecule is CCc1c(-c2ccnc(C(F)(F)F)c2)n[nH]c1/C=C\CNC[C@]1(CC)CCN(CC(=O)N2CC=C(c3ccc(-c4ncccn4)cc3)CC2)C1. The fourth-order valence-corrected chi connectivity index (χ4v) is 6.89. The van der Waals surface area contributed by atoms with Gasteiger partial charge in [-0.2, -0.15) is 18.3 Å². The van der Waals surface area contributed by atoms with Crippen molar-refractivity contribution in [3.63, 3.8) is 0 Å². The fourth-order valence-electron chi connectivity index (χ4n) is 6.89. The maximum Gasteiger partial charge on any atom is 0.433 e. The highest BCUT2D eigenvalue weighted by Gasteiger charge is 2.37. The first kappa shape index (κ1) is 35.2. The van der Waals surface area contributed by atoms with Gasteiger partial charge in [-0.25, -0.2) is 9.97 Å². The predicted octanol–water partition coefficient (Wildman–Crippen LogP) is 6.53. The molecule has 1 fully saturated rings. The highest BCUT2D eigenvalue weighted by molar-refractivity contribution is 5.80. The molecule has 0 saturated carbocycles. The van der Waals surface area contributed by atoms with Crippen LogP contribution in [-0.4, -0.2) is 86.7 Å². The monoisotopic (exact) mass is 684 g/mol. The van der Waals surface area contributed by atoms with E-state index >= 15 is 0 Å². The number of benzene rings is 1. The van der Waals surface area contributed by atoms with Crippen molar-refractivity contribution in [1.82, 2.24) is 40.3 Å². The molecule has 0 unspecified atom stereocenters. The van der Waals surface area contributed by atoms with Crippen molar-refractivity contribution >= 4 is 17.6 Å². The molecule has 1 aromatic carbocycles. The summed E-state index contributed by atoms with van der Waals surface area (Å²) >= 11 is 0. The summed E-state index contributed by atoms with van der Waals surface area (Å²) in [5, 5.41) is 10.9. The van der Waals surface area contributed by atoms with Crippen LogP contribution in [0.5, 0.6) is 0 Å². The molecule has 0 spiro atoms. The molecule has 9 nitrogen and oxygen atoms in total. The maximum atomic E-state index is 13.3. The van der Waals surface area contributed by atoms with Gasteiger partial charge in [0, 0.05) is 68.0 Å². The highest BCUT2D eigenvalue weighted by Crippen LogP contribution is 2.34. The lowest BCUT2D eigenvalue weighted by Gasteiger charge is -2.30. The summed E-state index contributed by atoms with van der Waals surface area (Å²) in [6, 6.07) is 12.7. The number of alkyl halides is 3. The Hall–Kier alpha value is -4.68. The Labute approximate surface area is 290 Å². The number of H-pyrrole nitrogens is 1. The van der Waals surface area contributed by atoms with Crippen molar-refractivity contribution in [2.75, 3.05) is 45.8 Å². The zero-order valence-corrected chi connectivity index (χ0v) is 28.5. The standard InChI is InChI=1S/C38H43F3N8O/c1-3-31-32(46-47-35(31)30-12-19-43-33(23-30)38(39,40)41)7-5-16-42-25-37(4-2)15-22-48(26-37)24-34(50)49-20-13-28(14-21-49)27-8-10-29(11-9-27)36-44-17-6-18-45-36/h5-13,17-19,23,42H,3-4,14-16,20-22,24-26H2,1-2H3,(H,46,47)/b7-5-/t37-/m0/s1. The van der Waals surface area contributed by atoms with Crippen LogP contribution in [0.15, 0.2) is 73.2 Å². The first-order valence-corrected chi connectivity index (χ1v) is 17.2. The van der Waals surface area contributed by atoms with Crippen molar-refractivity contribution in [3.05, 3.63) is 95.7 Å². The normalized spacial score (nSPS) is 18.6. The Morgan fingerprint density at radius 1 is 1.02 bits per heavy atom. The average molecular weight is 685 g/mol. The van der Waals surface area contributed by atoms with Crippen LogP contribution in [0.2, 0.25) is 0 Å². The molecule has 1 saturated heterocycles. The molecule has 6 rings (SSSR count). The molecule has 2 aliphatic rings. The molecule has 1 atom stereocenters. The lowest BCUT2D eigenvalue weighted by molar-refractivity contribution is -0.141. The number of nitrogens with zero attached hydrogens (tertiary/aromatic N) is 6. The topological polar surface area (TPSA) is 103 Å². The highest BCUT2D eigenvalue weighted by atomic mass is 19.4. The molecule has 262 valence electrons. The molecule has 12 heteroatoms. The molecule has 0 radical (unpaired) electrons. The van der Waals surface area contributed by atoms with Gasteiger partial charge in [0.05, 0.1) is 17.9 Å². The minimum Gasteiger partial charge on any atom is -0.338 e. The fraction of sp³-hybridized carbons (Fsp3) is 0.395. The van der Waals surface area contributed by atoms with Gasteiger partial charge in [-0.15, -0.1) is 0 Å². The van der Waals surface area contributed by atoms with Crippen LogP contribution in [-0.2, 0) is 17.4 Å². The quantitative estimate of drug-likeness (QED) is 0.164. The maximum absolute atomic E-state index is 13.3. The van der Waals surface area contributed by atoms with Gasteiger partial charge in [0.1, 0.15) is 5.69 Å². The molecule has 2 aliphatic heterocycles. The molecule has 50 heavy (non-hydrogen) atoms. The third-order valence-corrected chi connectivity index (χ3v) is 9.89. The number of carbonyl (C=O) groups excluding carboxylic acids is 1. The summed E-state index contributed by atoms with van der Waals surface area (Å²) in [4.78, 5) is 29.6. The van der Waals surface area contributed by atoms with E-state index in [2.05, 4.69) is 60.5 Å². The third kappa shape index (κ3) is 8.19. The van der Waals surface area contributed by atoms with Crippen LogP contribution < -0.4 is 5.32 Å². The van der Waals surface area contributed by atoms with E-state index < -0.39 is 11.9 Å². The summed E-state index contributed by atoms with van der Waals surface area (Å²) in [6.45, 7) is 9.16. The first-order chi connectivity index (χ1) is 24.2. The van der Waals surface area contributed by atoms with Gasteiger partial charge in [-0.05, 0) is 73.1 Å². The molecule has 5 heterocycles. The minimum atomic E-state index is -4.51. The molecule has 0 bridgehead atoms. The Kier molecular flexibility index (Phi) is 10.9. The van der Waals surface area contributed by atoms with Crippen LogP contribution in [0.4, 0.5) is 13.2 Å². The zero-order chi connectivity index (χ0) is 35.1. The van der Waals surface area contributed by atoms with Crippen LogP contribution in [0.1, 0.15) is 55.6 Å². The van der Waals surface area contributed by atoms with Crippen LogP contribution in [0.3, 0.4) is 0 Å². The van der Waals surface area contributed by atoms with Gasteiger partial charge in [-0.3, -0.25) is 19.8 Å². The second-order valence-corrected chi connectivity index (χ2v) is 13.1. The van der Waals surface area contributed by atoms with E-state index in [0.29, 0.717) is 49.7 Å². The van der Waals surface area contributed by atoms with Crippen molar-refractivity contribution in [3.8, 4) is 22.6 Å². The van der Waals surface area contributed by atoms with E-state index in [9.17, 15) is 18.0 Å². The summed E-state index contributed by atoms with van der Waals surface area (Å²) in [7, 11) is 0. The predicted molar refractivity (Wildman–Crippen MR) is 189 cm³/mol. The summed E-state index contributed by atoms with van der Waals surface area (Å²) in [5.41, 5.74) is 5.09. The summed E-state index contributed by atoms with van der Waals surface area (Å²) in [6.07, 6.45) is 9.72. The number of aromatic amines is 1. The number of hydrogen-bond donors (Lipinski definition) is 2. The molecule has 1 amide bonds. The van der Waals surface area contributed by atoms with E-state index in [1.807, 2.05) is 36.1 Å². The second kappa shape index (κ2) is 15.5. The minimum absolute atomic E-state index is 0.0906. The Morgan fingerprint density at radius 3 is 2.50 bits per heavy atom. The first-order valence-electron chi connectivity index (χ1n) is 17.2. The van der Waals surface area contributed by atoms with Crippen LogP contribution >= 0.6 is 0 Å². The number of halogens is 3. The van der Waals surface area contributed by atoms with Crippen molar-refractivity contribution in [2.45, 2.75) is 45.7 Å². The van der Waals surface area contributed by atoms with E-state index in [-0.39, 0.29) is 11.3 Å². The number of rotatable bonds is 12. The Balaban J connectivity index is 0.969. The van der Waals surface area contributed by atoms with Crippen molar-refractivity contribution < 1.29 is 18.0 Å². The van der Waals surface area contributed by atoms with Crippen LogP contribution in [0.25, 0.3) is 34.3 Å². The zero-order valence-electron chi connectivity index (χ0n) is 28.5. The number of likely N-dealkylation sites (tertiary alicyclic amines) is 1.